The van der Waals surface area contributed by atoms with Gasteiger partial charge in [0.2, 0.25) is 0 Å². The van der Waals surface area contributed by atoms with E-state index in [1.807, 2.05) is 0 Å². The van der Waals surface area contributed by atoms with E-state index in [1.54, 1.807) is 0 Å². The molecule has 2 heterocycles. The SMILES string of the molecule is CC(C)CC(C)N(C)CC1CC2CCC1N2. The van der Waals surface area contributed by atoms with E-state index in [9.17, 15) is 0 Å². The average molecular weight is 224 g/mol. The zero-order valence-corrected chi connectivity index (χ0v) is 11.4. The third-order valence-electron chi connectivity index (χ3n) is 4.52. The molecule has 0 spiro atoms. The molecule has 94 valence electrons. The fourth-order valence-electron chi connectivity index (χ4n) is 3.55. The molecule has 2 fully saturated rings. The Kier molecular flexibility index (Phi) is 3.91. The lowest BCUT2D eigenvalue weighted by molar-refractivity contribution is 0.182. The summed E-state index contributed by atoms with van der Waals surface area (Å²) in [6.07, 6.45) is 5.59. The maximum absolute atomic E-state index is 3.74. The van der Waals surface area contributed by atoms with Gasteiger partial charge in [-0.3, -0.25) is 0 Å². The Hall–Kier alpha value is -0.0800. The number of nitrogens with zero attached hydrogens (tertiary/aromatic N) is 1. The zero-order valence-electron chi connectivity index (χ0n) is 11.4. The Morgan fingerprint density at radius 1 is 1.25 bits per heavy atom. The summed E-state index contributed by atoms with van der Waals surface area (Å²) >= 11 is 0. The summed E-state index contributed by atoms with van der Waals surface area (Å²) in [6.45, 7) is 8.32. The van der Waals surface area contributed by atoms with E-state index in [0.29, 0.717) is 0 Å². The van der Waals surface area contributed by atoms with Crippen LogP contribution >= 0.6 is 0 Å². The van der Waals surface area contributed by atoms with Gasteiger partial charge in [-0.05, 0) is 51.5 Å². The van der Waals surface area contributed by atoms with Crippen LogP contribution in [0.3, 0.4) is 0 Å². The van der Waals surface area contributed by atoms with Crippen LogP contribution in [-0.4, -0.2) is 36.6 Å². The fraction of sp³-hybridized carbons (Fsp3) is 1.00. The number of rotatable bonds is 5. The summed E-state index contributed by atoms with van der Waals surface area (Å²) in [5.74, 6) is 1.73. The van der Waals surface area contributed by atoms with E-state index in [0.717, 1.165) is 30.0 Å². The van der Waals surface area contributed by atoms with Crippen LogP contribution in [-0.2, 0) is 0 Å². The van der Waals surface area contributed by atoms with Crippen molar-refractivity contribution >= 4 is 0 Å². The Morgan fingerprint density at radius 3 is 2.50 bits per heavy atom. The highest BCUT2D eigenvalue weighted by Crippen LogP contribution is 2.33. The molecule has 2 heteroatoms. The number of fused-ring (bicyclic) bond motifs is 2. The van der Waals surface area contributed by atoms with E-state index in [-0.39, 0.29) is 0 Å². The van der Waals surface area contributed by atoms with Gasteiger partial charge in [-0.15, -0.1) is 0 Å². The normalized spacial score (nSPS) is 35.2. The molecule has 2 bridgehead atoms. The van der Waals surface area contributed by atoms with Crippen molar-refractivity contribution in [2.75, 3.05) is 13.6 Å². The van der Waals surface area contributed by atoms with Crippen LogP contribution in [0.5, 0.6) is 0 Å². The van der Waals surface area contributed by atoms with Gasteiger partial charge in [0, 0.05) is 24.7 Å². The molecule has 0 amide bonds. The van der Waals surface area contributed by atoms with Crippen molar-refractivity contribution in [2.45, 2.75) is 64.6 Å². The van der Waals surface area contributed by atoms with E-state index >= 15 is 0 Å². The van der Waals surface area contributed by atoms with Gasteiger partial charge in [-0.25, -0.2) is 0 Å². The van der Waals surface area contributed by atoms with Crippen molar-refractivity contribution in [3.63, 3.8) is 0 Å². The lowest BCUT2D eigenvalue weighted by atomic mass is 9.88. The molecule has 1 N–H and O–H groups in total. The molecular formula is C14H28N2. The molecule has 0 aromatic carbocycles. The molecular weight excluding hydrogens is 196 g/mol. The molecule has 16 heavy (non-hydrogen) atoms. The Morgan fingerprint density at radius 2 is 2.00 bits per heavy atom. The van der Waals surface area contributed by atoms with Crippen LogP contribution in [0.15, 0.2) is 0 Å². The molecule has 2 saturated heterocycles. The van der Waals surface area contributed by atoms with Gasteiger partial charge in [0.05, 0.1) is 0 Å². The highest BCUT2D eigenvalue weighted by molar-refractivity contribution is 4.98. The molecule has 2 nitrogen and oxygen atoms in total. The molecule has 2 aliphatic heterocycles. The van der Waals surface area contributed by atoms with Crippen molar-refractivity contribution in [2.24, 2.45) is 11.8 Å². The molecule has 0 aliphatic carbocycles. The summed E-state index contributed by atoms with van der Waals surface area (Å²) in [4.78, 5) is 2.58. The maximum atomic E-state index is 3.74. The molecule has 2 rings (SSSR count). The molecule has 0 aromatic heterocycles. The van der Waals surface area contributed by atoms with Gasteiger partial charge in [-0.1, -0.05) is 13.8 Å². The Bertz CT molecular complexity index is 227. The van der Waals surface area contributed by atoms with Crippen LogP contribution in [0.2, 0.25) is 0 Å². The number of nitrogens with one attached hydrogen (secondary N) is 1. The van der Waals surface area contributed by atoms with Gasteiger partial charge < -0.3 is 10.2 Å². The predicted molar refractivity (Wildman–Crippen MR) is 69.6 cm³/mol. The first-order chi connectivity index (χ1) is 7.56. The van der Waals surface area contributed by atoms with Gasteiger partial charge in [0.25, 0.3) is 0 Å². The predicted octanol–water partition coefficient (Wildman–Crippen LogP) is 2.49. The quantitative estimate of drug-likeness (QED) is 0.772. The minimum absolute atomic E-state index is 0.735. The third kappa shape index (κ3) is 2.78. The monoisotopic (exact) mass is 224 g/mol. The second kappa shape index (κ2) is 5.05. The first-order valence-corrected chi connectivity index (χ1v) is 7.02. The van der Waals surface area contributed by atoms with Crippen molar-refractivity contribution in [3.8, 4) is 0 Å². The van der Waals surface area contributed by atoms with E-state index in [2.05, 4.69) is 38.0 Å². The topological polar surface area (TPSA) is 15.3 Å². The Labute approximate surface area is 101 Å². The smallest absolute Gasteiger partial charge is 0.0111 e. The van der Waals surface area contributed by atoms with E-state index in [4.69, 9.17) is 0 Å². The summed E-state index contributed by atoms with van der Waals surface area (Å²) in [5, 5.41) is 3.74. The zero-order chi connectivity index (χ0) is 11.7. The largest absolute Gasteiger partial charge is 0.311 e. The van der Waals surface area contributed by atoms with Gasteiger partial charge >= 0.3 is 0 Å². The summed E-state index contributed by atoms with van der Waals surface area (Å²) in [5.41, 5.74) is 0. The molecule has 0 aromatic rings. The number of hydrogen-bond acceptors (Lipinski definition) is 2. The van der Waals surface area contributed by atoms with Crippen LogP contribution in [0.1, 0.15) is 46.5 Å². The van der Waals surface area contributed by atoms with Crippen molar-refractivity contribution < 1.29 is 0 Å². The first kappa shape index (κ1) is 12.4. The molecule has 0 saturated carbocycles. The molecule has 4 unspecified atom stereocenters. The van der Waals surface area contributed by atoms with Gasteiger partial charge in [0.15, 0.2) is 0 Å². The first-order valence-electron chi connectivity index (χ1n) is 7.02. The molecule has 0 radical (unpaired) electrons. The van der Waals surface area contributed by atoms with Crippen LogP contribution in [0.4, 0.5) is 0 Å². The molecule has 2 aliphatic rings. The highest BCUT2D eigenvalue weighted by atomic mass is 15.1. The minimum atomic E-state index is 0.735. The fourth-order valence-corrected chi connectivity index (χ4v) is 3.55. The van der Waals surface area contributed by atoms with E-state index in [1.165, 1.54) is 32.2 Å². The second-order valence-electron chi connectivity index (χ2n) is 6.46. The van der Waals surface area contributed by atoms with Gasteiger partial charge in [-0.2, -0.15) is 0 Å². The second-order valence-corrected chi connectivity index (χ2v) is 6.46. The summed E-state index contributed by atoms with van der Waals surface area (Å²) in [6, 6.07) is 2.42. The number of hydrogen-bond donors (Lipinski definition) is 1. The van der Waals surface area contributed by atoms with Crippen LogP contribution < -0.4 is 5.32 Å². The van der Waals surface area contributed by atoms with E-state index < -0.39 is 0 Å². The summed E-state index contributed by atoms with van der Waals surface area (Å²) < 4.78 is 0. The van der Waals surface area contributed by atoms with Crippen molar-refractivity contribution in [1.82, 2.24) is 10.2 Å². The van der Waals surface area contributed by atoms with Gasteiger partial charge in [0.1, 0.15) is 0 Å². The summed E-state index contributed by atoms with van der Waals surface area (Å²) in [7, 11) is 2.30. The van der Waals surface area contributed by atoms with Crippen LogP contribution in [0.25, 0.3) is 0 Å². The maximum Gasteiger partial charge on any atom is 0.0111 e. The van der Waals surface area contributed by atoms with Crippen molar-refractivity contribution in [1.29, 1.82) is 0 Å². The third-order valence-corrected chi connectivity index (χ3v) is 4.52. The molecule has 4 atom stereocenters. The standard InChI is InChI=1S/C14H28N2/c1-10(2)7-11(3)16(4)9-12-8-13-5-6-14(12)15-13/h10-15H,5-9H2,1-4H3. The van der Waals surface area contributed by atoms with Crippen LogP contribution in [0, 0.1) is 11.8 Å². The van der Waals surface area contributed by atoms with Crippen molar-refractivity contribution in [3.05, 3.63) is 0 Å². The lowest BCUT2D eigenvalue weighted by Crippen LogP contribution is -2.38. The highest BCUT2D eigenvalue weighted by Gasteiger charge is 2.39. The lowest BCUT2D eigenvalue weighted by Gasteiger charge is -2.31. The minimum Gasteiger partial charge on any atom is -0.311 e. The Balaban J connectivity index is 1.76. The average Bonchev–Trinajstić information content (AvgIpc) is 2.77.